The second kappa shape index (κ2) is 22.7. The van der Waals surface area contributed by atoms with Gasteiger partial charge in [0.1, 0.15) is 0 Å². The van der Waals surface area contributed by atoms with Gasteiger partial charge in [0.25, 0.3) is 0 Å². The first-order valence-electron chi connectivity index (χ1n) is 28.4. The molecule has 0 bridgehead atoms. The molecule has 0 fully saturated rings. The highest BCUT2D eigenvalue weighted by Crippen LogP contribution is 2.55. The summed E-state index contributed by atoms with van der Waals surface area (Å²) in [6.45, 7) is 37.4. The Bertz CT molecular complexity index is 3340. The topological polar surface area (TPSA) is 6.48 Å². The van der Waals surface area contributed by atoms with E-state index in [-0.39, 0.29) is 30.1 Å². The molecule has 6 heteroatoms. The van der Waals surface area contributed by atoms with Crippen LogP contribution >= 0.6 is 30.1 Å². The summed E-state index contributed by atoms with van der Waals surface area (Å²) in [6.07, 6.45) is 4.71. The third kappa shape index (κ3) is 9.65. The minimum Gasteiger partial charge on any atom is -0.311 e. The molecular formula is C72H80N2P4. The van der Waals surface area contributed by atoms with E-state index in [4.69, 9.17) is 0 Å². The fourth-order valence-electron chi connectivity index (χ4n) is 12.7. The summed E-state index contributed by atoms with van der Waals surface area (Å²) in [5.41, 5.74) is 26.5. The van der Waals surface area contributed by atoms with E-state index in [9.17, 15) is 0 Å². The monoisotopic (exact) mass is 1100 g/mol. The highest BCUT2D eigenvalue weighted by atomic mass is 31.1. The molecule has 4 aromatic heterocycles. The predicted octanol–water partition coefficient (Wildman–Crippen LogP) is 24.7. The molecule has 0 aliphatic rings. The fraction of sp³-hybridized carbons (Fsp3) is 0.278. The SMILES string of the molecule is CCp1c(C)c(C)c(C)c1-c1ccc(N(c2ccc(-c3ccc(N(c4ccc(-c5c(C)c(C)c(C)p5CC)cc4)c4ccc(-c5c(C)c(C)c(C)p5CC)cc4)cc3)cc2)c2ccc(-c3c(C)c(C)c(C)p3CC)cc2)cc1. The van der Waals surface area contributed by atoms with E-state index >= 15 is 0 Å². The quantitative estimate of drug-likeness (QED) is 0.101. The van der Waals surface area contributed by atoms with Gasteiger partial charge < -0.3 is 9.80 Å². The van der Waals surface area contributed by atoms with Gasteiger partial charge in [-0.2, -0.15) is 0 Å². The van der Waals surface area contributed by atoms with Crippen LogP contribution in [0.15, 0.2) is 146 Å². The van der Waals surface area contributed by atoms with Gasteiger partial charge in [0, 0.05) is 55.3 Å². The summed E-state index contributed by atoms with van der Waals surface area (Å²) >= 11 is 0. The van der Waals surface area contributed by atoms with Crippen LogP contribution in [-0.4, -0.2) is 0 Å². The lowest BCUT2D eigenvalue weighted by molar-refractivity contribution is 1.28. The van der Waals surface area contributed by atoms with Crippen LogP contribution in [0.25, 0.3) is 54.6 Å². The maximum absolute atomic E-state index is 2.44. The summed E-state index contributed by atoms with van der Waals surface area (Å²) in [5, 5.41) is 12.5. The molecule has 0 amide bonds. The van der Waals surface area contributed by atoms with Gasteiger partial charge in [-0.05, 0) is 280 Å². The lowest BCUT2D eigenvalue weighted by Crippen LogP contribution is -2.10. The average Bonchev–Trinajstić information content (AvgIpc) is 4.08. The molecule has 78 heavy (non-hydrogen) atoms. The first-order valence-corrected chi connectivity index (χ1v) is 34.5. The van der Waals surface area contributed by atoms with E-state index in [2.05, 4.69) is 266 Å². The number of hydrogen-bond donors (Lipinski definition) is 0. The number of hydrogen-bond acceptors (Lipinski definition) is 2. The van der Waals surface area contributed by atoms with Crippen LogP contribution in [0.2, 0.25) is 0 Å². The third-order valence-electron chi connectivity index (χ3n) is 18.0. The van der Waals surface area contributed by atoms with Crippen LogP contribution in [-0.2, 0) is 24.6 Å². The molecule has 10 aromatic rings. The van der Waals surface area contributed by atoms with E-state index in [1.54, 1.807) is 42.4 Å². The maximum atomic E-state index is 2.44. The Balaban J connectivity index is 1.01. The number of benzene rings is 6. The molecule has 4 unspecified atom stereocenters. The van der Waals surface area contributed by atoms with Gasteiger partial charge in [0.2, 0.25) is 0 Å². The largest absolute Gasteiger partial charge is 0.311 e. The smallest absolute Gasteiger partial charge is 0.0462 e. The van der Waals surface area contributed by atoms with Crippen LogP contribution < -0.4 is 9.80 Å². The van der Waals surface area contributed by atoms with Crippen LogP contribution in [0.1, 0.15) is 93.4 Å². The third-order valence-corrected chi connectivity index (χ3v) is 29.6. The van der Waals surface area contributed by atoms with E-state index in [1.807, 2.05) is 0 Å². The number of nitrogens with zero attached hydrogens (tertiary/aromatic N) is 2. The summed E-state index contributed by atoms with van der Waals surface area (Å²) in [7, 11) is -1.20. The first-order chi connectivity index (χ1) is 37.5. The van der Waals surface area contributed by atoms with Crippen molar-refractivity contribution >= 4 is 64.3 Å². The van der Waals surface area contributed by atoms with E-state index in [0.29, 0.717) is 0 Å². The number of rotatable bonds is 15. The zero-order valence-corrected chi connectivity index (χ0v) is 52.9. The Labute approximate surface area is 472 Å². The minimum atomic E-state index is -0.301. The Morgan fingerprint density at radius 3 is 0.526 bits per heavy atom. The maximum Gasteiger partial charge on any atom is 0.0462 e. The molecule has 0 spiro atoms. The molecule has 10 rings (SSSR count). The van der Waals surface area contributed by atoms with Crippen LogP contribution in [0.5, 0.6) is 0 Å². The molecule has 0 saturated carbocycles. The molecule has 0 aliphatic carbocycles. The highest BCUT2D eigenvalue weighted by Gasteiger charge is 2.23. The van der Waals surface area contributed by atoms with E-state index in [1.165, 1.54) is 103 Å². The van der Waals surface area contributed by atoms with Crippen LogP contribution in [0, 0.1) is 83.1 Å². The van der Waals surface area contributed by atoms with Crippen LogP contribution in [0.4, 0.5) is 34.1 Å². The molecule has 0 saturated heterocycles. The van der Waals surface area contributed by atoms with Crippen LogP contribution in [0.3, 0.4) is 0 Å². The molecule has 6 aromatic carbocycles. The predicted molar refractivity (Wildman–Crippen MR) is 353 cm³/mol. The fourth-order valence-corrected chi connectivity index (χ4v) is 23.7. The Kier molecular flexibility index (Phi) is 16.1. The van der Waals surface area contributed by atoms with Crippen molar-refractivity contribution in [3.05, 3.63) is 211 Å². The summed E-state index contributed by atoms with van der Waals surface area (Å²) in [6, 6.07) is 56.2. The second-order valence-corrected chi connectivity index (χ2v) is 32.1. The molecule has 0 radical (unpaired) electrons. The summed E-state index contributed by atoms with van der Waals surface area (Å²) < 4.78 is 0. The molecule has 0 aliphatic heterocycles. The molecule has 0 N–H and O–H groups in total. The molecule has 2 nitrogen and oxygen atoms in total. The van der Waals surface area contributed by atoms with Crippen molar-refractivity contribution in [2.75, 3.05) is 9.80 Å². The lowest BCUT2D eigenvalue weighted by atomic mass is 10.0. The van der Waals surface area contributed by atoms with Gasteiger partial charge in [-0.25, -0.2) is 0 Å². The standard InChI is InChI=1S/C72H80N2P4/c1-17-75-53(13)45(5)49(9)69(75)59-25-37-65(38-26-59)73(66-39-27-60(28-40-66)70-50(10)46(6)54(14)76(70)18-2)63-33-21-57(22-34-63)58-23-35-64(36-24-58)74(67-41-29-61(30-42-67)71-51(11)47(7)55(15)77(71)19-3)68-43-31-62(32-44-68)72-52(12)48(8)56(16)78(72)20-4/h21-44H,17-20H2,1-16H3. The zero-order valence-electron chi connectivity index (χ0n) is 49.4. The number of anilines is 6. The van der Waals surface area contributed by atoms with E-state index in [0.717, 1.165) is 34.1 Å². The highest BCUT2D eigenvalue weighted by molar-refractivity contribution is 7.54. The van der Waals surface area contributed by atoms with Gasteiger partial charge in [-0.1, -0.05) is 100 Å². The molecule has 4 heterocycles. The van der Waals surface area contributed by atoms with Crippen molar-refractivity contribution in [1.29, 1.82) is 0 Å². The lowest BCUT2D eigenvalue weighted by Gasteiger charge is -2.27. The molecular weight excluding hydrogens is 1020 g/mol. The normalized spacial score (nSPS) is 12.5. The van der Waals surface area contributed by atoms with Gasteiger partial charge in [0.15, 0.2) is 0 Å². The zero-order chi connectivity index (χ0) is 55.4. The second-order valence-electron chi connectivity index (χ2n) is 21.7. The van der Waals surface area contributed by atoms with Gasteiger partial charge >= 0.3 is 0 Å². The van der Waals surface area contributed by atoms with Gasteiger partial charge in [-0.3, -0.25) is 0 Å². The summed E-state index contributed by atoms with van der Waals surface area (Å²) in [4.78, 5) is 4.88. The average molecular weight is 1100 g/mol. The first kappa shape index (κ1) is 55.4. The van der Waals surface area contributed by atoms with Crippen molar-refractivity contribution in [3.8, 4) is 54.6 Å². The van der Waals surface area contributed by atoms with Crippen molar-refractivity contribution in [2.24, 2.45) is 0 Å². The van der Waals surface area contributed by atoms with Crippen molar-refractivity contribution in [2.45, 2.75) is 135 Å². The minimum absolute atomic E-state index is 0.301. The van der Waals surface area contributed by atoms with E-state index < -0.39 is 0 Å². The Hall–Kier alpha value is -5.96. The van der Waals surface area contributed by atoms with Crippen molar-refractivity contribution < 1.29 is 0 Å². The van der Waals surface area contributed by atoms with Crippen molar-refractivity contribution in [3.63, 3.8) is 0 Å². The summed E-state index contributed by atoms with van der Waals surface area (Å²) in [5.74, 6) is 0. The van der Waals surface area contributed by atoms with Crippen molar-refractivity contribution in [1.82, 2.24) is 0 Å². The van der Waals surface area contributed by atoms with Gasteiger partial charge in [-0.15, -0.1) is 30.1 Å². The molecule has 398 valence electrons. The Morgan fingerprint density at radius 2 is 0.372 bits per heavy atom. The Morgan fingerprint density at radius 1 is 0.218 bits per heavy atom. The van der Waals surface area contributed by atoms with Gasteiger partial charge in [0.05, 0.1) is 0 Å². The molecule has 4 atom stereocenters.